The molecule has 2 unspecified atom stereocenters. The van der Waals surface area contributed by atoms with Gasteiger partial charge in [-0.05, 0) is 44.2 Å². The maximum atomic E-state index is 5.73. The van der Waals surface area contributed by atoms with Gasteiger partial charge in [-0.1, -0.05) is 20.8 Å². The molecule has 0 aliphatic carbocycles. The van der Waals surface area contributed by atoms with Gasteiger partial charge >= 0.3 is 0 Å². The molecule has 0 saturated carbocycles. The molecule has 2 N–H and O–H groups in total. The minimum absolute atomic E-state index is 0.311. The Bertz CT molecular complexity index is 177. The summed E-state index contributed by atoms with van der Waals surface area (Å²) in [6.45, 7) is 12.5. The molecule has 2 heteroatoms. The fourth-order valence-electron chi connectivity index (χ4n) is 2.25. The largest absolute Gasteiger partial charge is 0.330 e. The first-order valence-electron chi connectivity index (χ1n) is 5.89. The Hall–Kier alpha value is -0.0800. The van der Waals surface area contributed by atoms with Crippen LogP contribution in [0.3, 0.4) is 0 Å². The Morgan fingerprint density at radius 3 is 2.43 bits per heavy atom. The van der Waals surface area contributed by atoms with Crippen molar-refractivity contribution in [3.63, 3.8) is 0 Å². The monoisotopic (exact) mass is 198 g/mol. The molecule has 2 atom stereocenters. The maximum absolute atomic E-state index is 5.73. The number of nitrogens with two attached hydrogens (primary N) is 1. The van der Waals surface area contributed by atoms with Crippen LogP contribution in [0.1, 0.15) is 40.5 Å². The Kier molecular flexibility index (Phi) is 3.96. The molecule has 2 nitrogen and oxygen atoms in total. The predicted octanol–water partition coefficient (Wildman–Crippen LogP) is 2.09. The molecule has 1 saturated heterocycles. The summed E-state index contributed by atoms with van der Waals surface area (Å²) < 4.78 is 0. The predicted molar refractivity (Wildman–Crippen MR) is 62.3 cm³/mol. The van der Waals surface area contributed by atoms with Gasteiger partial charge in [0.25, 0.3) is 0 Å². The fraction of sp³-hybridized carbons (Fsp3) is 1.00. The van der Waals surface area contributed by atoms with Crippen LogP contribution < -0.4 is 5.73 Å². The molecular weight excluding hydrogens is 172 g/mol. The molecule has 1 aliphatic heterocycles. The summed E-state index contributed by atoms with van der Waals surface area (Å²) in [6, 6.07) is 0.776. The van der Waals surface area contributed by atoms with Gasteiger partial charge in [-0.25, -0.2) is 0 Å². The number of hydrogen-bond donors (Lipinski definition) is 1. The fourth-order valence-corrected chi connectivity index (χ4v) is 2.25. The molecule has 84 valence electrons. The van der Waals surface area contributed by atoms with Crippen molar-refractivity contribution in [2.75, 3.05) is 19.6 Å². The van der Waals surface area contributed by atoms with Crippen molar-refractivity contribution >= 4 is 0 Å². The van der Waals surface area contributed by atoms with Crippen LogP contribution in [-0.4, -0.2) is 30.6 Å². The average molecular weight is 198 g/mol. The number of hydrogen-bond acceptors (Lipinski definition) is 2. The van der Waals surface area contributed by atoms with Crippen LogP contribution in [0, 0.1) is 11.3 Å². The zero-order valence-electron chi connectivity index (χ0n) is 10.2. The van der Waals surface area contributed by atoms with Gasteiger partial charge in [-0.15, -0.1) is 0 Å². The minimum Gasteiger partial charge on any atom is -0.330 e. The number of likely N-dealkylation sites (tertiary alicyclic amines) is 1. The second kappa shape index (κ2) is 4.63. The van der Waals surface area contributed by atoms with Crippen molar-refractivity contribution in [3.8, 4) is 0 Å². The van der Waals surface area contributed by atoms with E-state index in [4.69, 9.17) is 5.73 Å². The molecular formula is C12H26N2. The van der Waals surface area contributed by atoms with Gasteiger partial charge in [-0.3, -0.25) is 0 Å². The zero-order valence-corrected chi connectivity index (χ0v) is 10.2. The van der Waals surface area contributed by atoms with Crippen molar-refractivity contribution in [2.45, 2.75) is 46.6 Å². The molecule has 14 heavy (non-hydrogen) atoms. The summed E-state index contributed by atoms with van der Waals surface area (Å²) >= 11 is 0. The third kappa shape index (κ3) is 3.25. The molecule has 0 spiro atoms. The lowest BCUT2D eigenvalue weighted by atomic mass is 9.89. The Morgan fingerprint density at radius 1 is 1.36 bits per heavy atom. The zero-order chi connectivity index (χ0) is 10.8. The Labute approximate surface area is 88.8 Å². The van der Waals surface area contributed by atoms with E-state index in [1.807, 2.05) is 0 Å². The molecule has 0 radical (unpaired) electrons. The molecule has 1 rings (SSSR count). The topological polar surface area (TPSA) is 29.3 Å². The van der Waals surface area contributed by atoms with E-state index in [2.05, 4.69) is 32.6 Å². The summed E-state index contributed by atoms with van der Waals surface area (Å²) in [6.07, 6.45) is 2.59. The minimum atomic E-state index is 0.311. The SMILES string of the molecule is CC1CC(C)N(CCC(C)(C)CN)C1. The lowest BCUT2D eigenvalue weighted by Gasteiger charge is -2.28. The van der Waals surface area contributed by atoms with Crippen molar-refractivity contribution in [3.05, 3.63) is 0 Å². The van der Waals surface area contributed by atoms with Gasteiger partial charge in [0.15, 0.2) is 0 Å². The second-order valence-electron chi connectivity index (χ2n) is 5.80. The van der Waals surface area contributed by atoms with Crippen molar-refractivity contribution in [1.29, 1.82) is 0 Å². The lowest BCUT2D eigenvalue weighted by Crippen LogP contribution is -2.33. The van der Waals surface area contributed by atoms with Crippen LogP contribution in [0.15, 0.2) is 0 Å². The van der Waals surface area contributed by atoms with Crippen molar-refractivity contribution in [2.24, 2.45) is 17.1 Å². The van der Waals surface area contributed by atoms with E-state index >= 15 is 0 Å². The van der Waals surface area contributed by atoms with E-state index in [-0.39, 0.29) is 0 Å². The van der Waals surface area contributed by atoms with E-state index in [9.17, 15) is 0 Å². The van der Waals surface area contributed by atoms with E-state index in [0.29, 0.717) is 5.41 Å². The van der Waals surface area contributed by atoms with Gasteiger partial charge in [0.05, 0.1) is 0 Å². The number of rotatable bonds is 4. The van der Waals surface area contributed by atoms with Gasteiger partial charge in [0.2, 0.25) is 0 Å². The van der Waals surface area contributed by atoms with E-state index < -0.39 is 0 Å². The highest BCUT2D eigenvalue weighted by atomic mass is 15.2. The maximum Gasteiger partial charge on any atom is 0.00700 e. The van der Waals surface area contributed by atoms with Gasteiger partial charge < -0.3 is 10.6 Å². The van der Waals surface area contributed by atoms with Gasteiger partial charge in [-0.2, -0.15) is 0 Å². The normalized spacial score (nSPS) is 29.8. The summed E-state index contributed by atoms with van der Waals surface area (Å²) in [5, 5.41) is 0. The molecule has 1 heterocycles. The van der Waals surface area contributed by atoms with E-state index in [1.54, 1.807) is 0 Å². The third-order valence-corrected chi connectivity index (χ3v) is 3.54. The van der Waals surface area contributed by atoms with Crippen molar-refractivity contribution in [1.82, 2.24) is 4.90 Å². The summed E-state index contributed by atoms with van der Waals surface area (Å²) in [7, 11) is 0. The summed E-state index contributed by atoms with van der Waals surface area (Å²) in [5.74, 6) is 0.881. The summed E-state index contributed by atoms with van der Waals surface area (Å²) in [4.78, 5) is 2.61. The van der Waals surface area contributed by atoms with Crippen LogP contribution in [0.2, 0.25) is 0 Å². The first-order chi connectivity index (χ1) is 6.44. The number of nitrogens with zero attached hydrogens (tertiary/aromatic N) is 1. The van der Waals surface area contributed by atoms with E-state index in [0.717, 1.165) is 18.5 Å². The van der Waals surface area contributed by atoms with Crippen LogP contribution in [0.4, 0.5) is 0 Å². The standard InChI is InChI=1S/C12H26N2/c1-10-7-11(2)14(8-10)6-5-12(3,4)9-13/h10-11H,5-9,13H2,1-4H3. The highest BCUT2D eigenvalue weighted by Gasteiger charge is 2.27. The molecule has 0 aromatic rings. The van der Waals surface area contributed by atoms with Crippen LogP contribution in [-0.2, 0) is 0 Å². The van der Waals surface area contributed by atoms with Gasteiger partial charge in [0.1, 0.15) is 0 Å². The first-order valence-corrected chi connectivity index (χ1v) is 5.89. The summed E-state index contributed by atoms with van der Waals surface area (Å²) in [5.41, 5.74) is 6.05. The highest BCUT2D eigenvalue weighted by Crippen LogP contribution is 2.25. The third-order valence-electron chi connectivity index (χ3n) is 3.54. The Balaban J connectivity index is 2.31. The van der Waals surface area contributed by atoms with Crippen LogP contribution in [0.5, 0.6) is 0 Å². The smallest absolute Gasteiger partial charge is 0.00700 e. The quantitative estimate of drug-likeness (QED) is 0.749. The molecule has 0 bridgehead atoms. The average Bonchev–Trinajstić information content (AvgIpc) is 2.42. The molecule has 0 amide bonds. The second-order valence-corrected chi connectivity index (χ2v) is 5.80. The first kappa shape index (κ1) is 12.0. The molecule has 0 aromatic heterocycles. The molecule has 1 aliphatic rings. The van der Waals surface area contributed by atoms with Crippen LogP contribution >= 0.6 is 0 Å². The van der Waals surface area contributed by atoms with Gasteiger partial charge in [0, 0.05) is 12.6 Å². The van der Waals surface area contributed by atoms with Crippen LogP contribution in [0.25, 0.3) is 0 Å². The van der Waals surface area contributed by atoms with Crippen molar-refractivity contribution < 1.29 is 0 Å². The molecule has 0 aromatic carbocycles. The van der Waals surface area contributed by atoms with E-state index in [1.165, 1.54) is 25.9 Å². The molecule has 1 fully saturated rings. The highest BCUT2D eigenvalue weighted by molar-refractivity contribution is 4.82. The lowest BCUT2D eigenvalue weighted by molar-refractivity contribution is 0.214. The Morgan fingerprint density at radius 2 is 2.00 bits per heavy atom.